The van der Waals surface area contributed by atoms with Crippen molar-refractivity contribution in [3.05, 3.63) is 51.7 Å². The summed E-state index contributed by atoms with van der Waals surface area (Å²) in [5, 5.41) is 10.8. The summed E-state index contributed by atoms with van der Waals surface area (Å²) in [7, 11) is 0. The van der Waals surface area contributed by atoms with E-state index < -0.39 is 4.92 Å². The summed E-state index contributed by atoms with van der Waals surface area (Å²) in [5.74, 6) is 1.29. The summed E-state index contributed by atoms with van der Waals surface area (Å²) in [6, 6.07) is 9.27. The monoisotopic (exact) mass is 308 g/mol. The Bertz CT molecular complexity index is 631. The van der Waals surface area contributed by atoms with Crippen molar-refractivity contribution in [3.63, 3.8) is 0 Å². The number of nitrogens with zero attached hydrogens (tertiary/aromatic N) is 2. The second kappa shape index (κ2) is 6.90. The molecule has 0 N–H and O–H groups in total. The molecule has 7 heteroatoms. The van der Waals surface area contributed by atoms with Crippen LogP contribution in [0.1, 0.15) is 13.3 Å². The van der Waals surface area contributed by atoms with Gasteiger partial charge in [0.1, 0.15) is 16.7 Å². The lowest BCUT2D eigenvalue weighted by molar-refractivity contribution is -0.385. The molecule has 0 spiro atoms. The van der Waals surface area contributed by atoms with Gasteiger partial charge in [-0.1, -0.05) is 18.5 Å². The fourth-order valence-electron chi connectivity index (χ4n) is 1.56. The van der Waals surface area contributed by atoms with Crippen LogP contribution in [0.5, 0.6) is 17.4 Å². The van der Waals surface area contributed by atoms with E-state index >= 15 is 0 Å². The van der Waals surface area contributed by atoms with Crippen LogP contribution in [0.25, 0.3) is 0 Å². The van der Waals surface area contributed by atoms with Crippen molar-refractivity contribution in [1.82, 2.24) is 4.98 Å². The van der Waals surface area contributed by atoms with Crippen LogP contribution >= 0.6 is 11.6 Å². The fourth-order valence-corrected chi connectivity index (χ4v) is 1.76. The zero-order valence-electron chi connectivity index (χ0n) is 11.3. The van der Waals surface area contributed by atoms with E-state index in [2.05, 4.69) is 4.98 Å². The number of nitro groups is 1. The molecule has 0 aliphatic heterocycles. The largest absolute Gasteiger partial charge is 0.494 e. The lowest BCUT2D eigenvalue weighted by Gasteiger charge is -2.07. The zero-order valence-corrected chi connectivity index (χ0v) is 12.0. The van der Waals surface area contributed by atoms with Gasteiger partial charge in [-0.2, -0.15) is 0 Å². The lowest BCUT2D eigenvalue weighted by atomic mass is 10.3. The summed E-state index contributed by atoms with van der Waals surface area (Å²) in [4.78, 5) is 14.1. The maximum absolute atomic E-state index is 10.7. The molecule has 0 aliphatic carbocycles. The van der Waals surface area contributed by atoms with Crippen LogP contribution in [-0.2, 0) is 0 Å². The van der Waals surface area contributed by atoms with Gasteiger partial charge in [0.15, 0.2) is 0 Å². The molecule has 0 fully saturated rings. The Morgan fingerprint density at radius 3 is 2.52 bits per heavy atom. The molecule has 0 aliphatic rings. The van der Waals surface area contributed by atoms with E-state index in [1.165, 1.54) is 6.07 Å². The third-order valence-corrected chi connectivity index (χ3v) is 2.68. The van der Waals surface area contributed by atoms with Gasteiger partial charge in [0, 0.05) is 0 Å². The van der Waals surface area contributed by atoms with Crippen molar-refractivity contribution in [1.29, 1.82) is 0 Å². The molecule has 1 heterocycles. The molecule has 0 unspecified atom stereocenters. The molecule has 21 heavy (non-hydrogen) atoms. The van der Waals surface area contributed by atoms with E-state index in [0.717, 1.165) is 18.2 Å². The minimum absolute atomic E-state index is 0.00194. The van der Waals surface area contributed by atoms with Gasteiger partial charge in [-0.3, -0.25) is 10.1 Å². The van der Waals surface area contributed by atoms with Crippen molar-refractivity contribution >= 4 is 17.3 Å². The van der Waals surface area contributed by atoms with E-state index in [4.69, 9.17) is 21.1 Å². The first-order valence-corrected chi connectivity index (χ1v) is 6.69. The summed E-state index contributed by atoms with van der Waals surface area (Å²) < 4.78 is 10.9. The lowest BCUT2D eigenvalue weighted by Crippen LogP contribution is -1.95. The maximum Gasteiger partial charge on any atom is 0.277 e. The van der Waals surface area contributed by atoms with Crippen LogP contribution in [0.15, 0.2) is 36.4 Å². The molecule has 0 saturated heterocycles. The standard InChI is InChI=1S/C14H13ClN2O4/c1-2-7-20-11-3-5-12(6-4-11)21-14-9-10(17(18)19)8-13(15)16-14/h3-6,8-9H,2,7H2,1H3. The minimum Gasteiger partial charge on any atom is -0.494 e. The van der Waals surface area contributed by atoms with Crippen molar-refractivity contribution in [2.24, 2.45) is 0 Å². The normalized spacial score (nSPS) is 10.2. The number of hydrogen-bond acceptors (Lipinski definition) is 5. The van der Waals surface area contributed by atoms with E-state index in [-0.39, 0.29) is 16.7 Å². The number of benzene rings is 1. The first-order valence-electron chi connectivity index (χ1n) is 6.31. The summed E-state index contributed by atoms with van der Waals surface area (Å²) >= 11 is 5.73. The van der Waals surface area contributed by atoms with E-state index in [1.807, 2.05) is 6.92 Å². The summed E-state index contributed by atoms with van der Waals surface area (Å²) in [5.41, 5.74) is -0.173. The highest BCUT2D eigenvalue weighted by Gasteiger charge is 2.11. The second-order valence-corrected chi connectivity index (χ2v) is 4.55. The van der Waals surface area contributed by atoms with Gasteiger partial charge in [-0.05, 0) is 30.7 Å². The third kappa shape index (κ3) is 4.32. The smallest absolute Gasteiger partial charge is 0.277 e. The van der Waals surface area contributed by atoms with Gasteiger partial charge in [0.2, 0.25) is 5.88 Å². The van der Waals surface area contributed by atoms with Crippen LogP contribution in [0, 0.1) is 10.1 Å². The van der Waals surface area contributed by atoms with Crippen molar-refractivity contribution < 1.29 is 14.4 Å². The quantitative estimate of drug-likeness (QED) is 0.453. The van der Waals surface area contributed by atoms with E-state index in [9.17, 15) is 10.1 Å². The number of ether oxygens (including phenoxy) is 2. The highest BCUT2D eigenvalue weighted by atomic mass is 35.5. The molecular formula is C14H13ClN2O4. The van der Waals surface area contributed by atoms with Crippen LogP contribution in [0.2, 0.25) is 5.15 Å². The maximum atomic E-state index is 10.7. The summed E-state index contributed by atoms with van der Waals surface area (Å²) in [6.07, 6.45) is 0.925. The van der Waals surface area contributed by atoms with Gasteiger partial charge < -0.3 is 9.47 Å². The van der Waals surface area contributed by atoms with Crippen LogP contribution in [-0.4, -0.2) is 16.5 Å². The average molecular weight is 309 g/mol. The molecule has 110 valence electrons. The van der Waals surface area contributed by atoms with E-state index in [1.54, 1.807) is 24.3 Å². The number of pyridine rings is 1. The number of hydrogen-bond donors (Lipinski definition) is 0. The molecule has 0 radical (unpaired) electrons. The fraction of sp³-hybridized carbons (Fsp3) is 0.214. The van der Waals surface area contributed by atoms with Crippen LogP contribution in [0.4, 0.5) is 5.69 Å². The molecule has 2 aromatic rings. The number of rotatable bonds is 6. The molecule has 1 aromatic carbocycles. The predicted molar refractivity (Wildman–Crippen MR) is 78.2 cm³/mol. The predicted octanol–water partition coefficient (Wildman–Crippen LogP) is 4.22. The average Bonchev–Trinajstić information content (AvgIpc) is 2.46. The Morgan fingerprint density at radius 2 is 1.90 bits per heavy atom. The van der Waals surface area contributed by atoms with Crippen molar-refractivity contribution in [3.8, 4) is 17.4 Å². The van der Waals surface area contributed by atoms with Crippen molar-refractivity contribution in [2.75, 3.05) is 6.61 Å². The molecule has 1 aromatic heterocycles. The second-order valence-electron chi connectivity index (χ2n) is 4.17. The Morgan fingerprint density at radius 1 is 1.24 bits per heavy atom. The first-order chi connectivity index (χ1) is 10.1. The molecule has 6 nitrogen and oxygen atoms in total. The Labute approximate surface area is 126 Å². The van der Waals surface area contributed by atoms with Gasteiger partial charge in [0.25, 0.3) is 5.69 Å². The van der Waals surface area contributed by atoms with Gasteiger partial charge >= 0.3 is 0 Å². The zero-order chi connectivity index (χ0) is 15.2. The van der Waals surface area contributed by atoms with Crippen LogP contribution < -0.4 is 9.47 Å². The highest BCUT2D eigenvalue weighted by Crippen LogP contribution is 2.27. The molecule has 0 saturated carbocycles. The Hall–Kier alpha value is -2.34. The third-order valence-electron chi connectivity index (χ3n) is 2.49. The molecule has 0 atom stereocenters. The molecular weight excluding hydrogens is 296 g/mol. The topological polar surface area (TPSA) is 74.5 Å². The Balaban J connectivity index is 2.12. The molecule has 0 bridgehead atoms. The highest BCUT2D eigenvalue weighted by molar-refractivity contribution is 6.29. The van der Waals surface area contributed by atoms with Gasteiger partial charge in [0.05, 0.1) is 23.7 Å². The SMILES string of the molecule is CCCOc1ccc(Oc2cc([N+](=O)[O-])cc(Cl)n2)cc1. The molecule has 0 amide bonds. The minimum atomic E-state index is -0.553. The van der Waals surface area contributed by atoms with Crippen molar-refractivity contribution in [2.45, 2.75) is 13.3 Å². The van der Waals surface area contributed by atoms with Gasteiger partial charge in [-0.25, -0.2) is 4.98 Å². The van der Waals surface area contributed by atoms with Gasteiger partial charge in [-0.15, -0.1) is 0 Å². The Kier molecular flexibility index (Phi) is 4.94. The van der Waals surface area contributed by atoms with E-state index in [0.29, 0.717) is 12.4 Å². The first kappa shape index (κ1) is 15.1. The summed E-state index contributed by atoms with van der Waals surface area (Å²) in [6.45, 7) is 2.66. The molecule has 2 rings (SSSR count). The number of halogens is 1. The van der Waals surface area contributed by atoms with Crippen LogP contribution in [0.3, 0.4) is 0 Å². The number of aromatic nitrogens is 1.